The van der Waals surface area contributed by atoms with Crippen molar-refractivity contribution in [2.45, 2.75) is 19.4 Å². The van der Waals surface area contributed by atoms with E-state index in [1.807, 2.05) is 11.0 Å². The van der Waals surface area contributed by atoms with Gasteiger partial charge < -0.3 is 15.0 Å². The van der Waals surface area contributed by atoms with Crippen molar-refractivity contribution < 1.29 is 9.53 Å². The van der Waals surface area contributed by atoms with Gasteiger partial charge in [-0.3, -0.25) is 9.80 Å². The lowest BCUT2D eigenvalue weighted by Gasteiger charge is -2.35. The van der Waals surface area contributed by atoms with Gasteiger partial charge in [-0.1, -0.05) is 42.5 Å². The topological polar surface area (TPSA) is 48.1 Å². The Balaban J connectivity index is 1.31. The van der Waals surface area contributed by atoms with Gasteiger partial charge >= 0.3 is 6.03 Å². The molecule has 154 valence electrons. The standard InChI is InChI=1S/C22H34N4O2/c1-20(9-11-25-16-18-28-19-17-25)23-22(27)26-14-12-24(13-15-26)10-5-8-21-6-3-2-4-7-21/h2-8,20H,9-19H2,1H3,(H,23,27)/b8-5+/t20-/m0/s1. The Hall–Kier alpha value is -1.89. The number of amides is 2. The molecule has 2 aliphatic rings. The molecule has 0 spiro atoms. The summed E-state index contributed by atoms with van der Waals surface area (Å²) >= 11 is 0. The Morgan fingerprint density at radius 3 is 2.50 bits per heavy atom. The van der Waals surface area contributed by atoms with E-state index in [-0.39, 0.29) is 12.1 Å². The molecular formula is C22H34N4O2. The van der Waals surface area contributed by atoms with E-state index < -0.39 is 0 Å². The number of nitrogens with one attached hydrogen (secondary N) is 1. The van der Waals surface area contributed by atoms with Gasteiger partial charge in [-0.05, 0) is 18.9 Å². The molecule has 2 fully saturated rings. The molecule has 3 rings (SSSR count). The number of piperazine rings is 1. The van der Waals surface area contributed by atoms with Gasteiger partial charge in [0.1, 0.15) is 0 Å². The van der Waals surface area contributed by atoms with Crippen molar-refractivity contribution >= 4 is 12.1 Å². The fourth-order valence-electron chi connectivity index (χ4n) is 3.61. The lowest BCUT2D eigenvalue weighted by Crippen LogP contribution is -2.53. The summed E-state index contributed by atoms with van der Waals surface area (Å²) in [5.41, 5.74) is 1.23. The summed E-state index contributed by atoms with van der Waals surface area (Å²) in [5.74, 6) is 0. The molecule has 0 bridgehead atoms. The Morgan fingerprint density at radius 2 is 1.79 bits per heavy atom. The zero-order valence-corrected chi connectivity index (χ0v) is 17.1. The van der Waals surface area contributed by atoms with Crippen molar-refractivity contribution in [1.82, 2.24) is 20.0 Å². The molecule has 1 N–H and O–H groups in total. The number of hydrogen-bond donors (Lipinski definition) is 1. The molecular weight excluding hydrogens is 352 g/mol. The third kappa shape index (κ3) is 6.93. The molecule has 0 radical (unpaired) electrons. The number of carbonyl (C=O) groups is 1. The molecule has 0 aromatic heterocycles. The van der Waals surface area contributed by atoms with Gasteiger partial charge in [-0.25, -0.2) is 4.79 Å². The van der Waals surface area contributed by atoms with Gasteiger partial charge in [-0.2, -0.15) is 0 Å². The van der Waals surface area contributed by atoms with Crippen molar-refractivity contribution in [3.8, 4) is 0 Å². The fraction of sp³-hybridized carbons (Fsp3) is 0.591. The first kappa shape index (κ1) is 20.8. The number of hydrogen-bond acceptors (Lipinski definition) is 4. The molecule has 0 unspecified atom stereocenters. The van der Waals surface area contributed by atoms with Gasteiger partial charge in [0.2, 0.25) is 0 Å². The van der Waals surface area contributed by atoms with Crippen molar-refractivity contribution in [1.29, 1.82) is 0 Å². The van der Waals surface area contributed by atoms with Crippen LogP contribution in [0.3, 0.4) is 0 Å². The molecule has 1 atom stereocenters. The van der Waals surface area contributed by atoms with Gasteiger partial charge in [0.05, 0.1) is 13.2 Å². The highest BCUT2D eigenvalue weighted by Gasteiger charge is 2.21. The molecule has 0 aliphatic carbocycles. The predicted octanol–water partition coefficient (Wildman–Crippen LogP) is 2.14. The smallest absolute Gasteiger partial charge is 0.317 e. The predicted molar refractivity (Wildman–Crippen MR) is 113 cm³/mol. The molecule has 28 heavy (non-hydrogen) atoms. The summed E-state index contributed by atoms with van der Waals surface area (Å²) in [4.78, 5) is 19.3. The number of rotatable bonds is 7. The summed E-state index contributed by atoms with van der Waals surface area (Å²) in [7, 11) is 0. The van der Waals surface area contributed by atoms with Crippen LogP contribution in [0.2, 0.25) is 0 Å². The fourth-order valence-corrected chi connectivity index (χ4v) is 3.61. The summed E-state index contributed by atoms with van der Waals surface area (Å²) in [6.07, 6.45) is 5.35. The maximum Gasteiger partial charge on any atom is 0.317 e. The summed E-state index contributed by atoms with van der Waals surface area (Å²) < 4.78 is 5.38. The second-order valence-electron chi connectivity index (χ2n) is 7.69. The quantitative estimate of drug-likeness (QED) is 0.780. The summed E-state index contributed by atoms with van der Waals surface area (Å²) in [5, 5.41) is 3.17. The Morgan fingerprint density at radius 1 is 1.07 bits per heavy atom. The Bertz CT molecular complexity index is 608. The van der Waals surface area contributed by atoms with E-state index in [1.54, 1.807) is 0 Å². The minimum Gasteiger partial charge on any atom is -0.379 e. The average molecular weight is 387 g/mol. The molecule has 2 amide bonds. The lowest BCUT2D eigenvalue weighted by atomic mass is 10.2. The van der Waals surface area contributed by atoms with E-state index >= 15 is 0 Å². The number of urea groups is 1. The maximum atomic E-state index is 12.5. The lowest BCUT2D eigenvalue weighted by molar-refractivity contribution is 0.0364. The van der Waals surface area contributed by atoms with Gasteiger partial charge in [0.15, 0.2) is 0 Å². The van der Waals surface area contributed by atoms with Crippen molar-refractivity contribution in [2.75, 3.05) is 65.6 Å². The van der Waals surface area contributed by atoms with Crippen LogP contribution in [0.1, 0.15) is 18.9 Å². The minimum absolute atomic E-state index is 0.0777. The molecule has 6 heteroatoms. The van der Waals surface area contributed by atoms with E-state index in [1.165, 1.54) is 5.56 Å². The second-order valence-corrected chi connectivity index (χ2v) is 7.69. The minimum atomic E-state index is 0.0777. The number of nitrogens with zero attached hydrogens (tertiary/aromatic N) is 3. The molecule has 2 aliphatic heterocycles. The van der Waals surface area contributed by atoms with Crippen LogP contribution in [0.15, 0.2) is 36.4 Å². The summed E-state index contributed by atoms with van der Waals surface area (Å²) in [6.45, 7) is 11.1. The highest BCUT2D eigenvalue weighted by molar-refractivity contribution is 5.74. The van der Waals surface area contributed by atoms with Crippen LogP contribution in [-0.2, 0) is 4.74 Å². The van der Waals surface area contributed by atoms with Crippen LogP contribution in [-0.4, -0.2) is 92.3 Å². The van der Waals surface area contributed by atoms with E-state index in [9.17, 15) is 4.79 Å². The van der Waals surface area contributed by atoms with Crippen LogP contribution in [0.25, 0.3) is 6.08 Å². The van der Waals surface area contributed by atoms with Crippen LogP contribution < -0.4 is 5.32 Å². The maximum absolute atomic E-state index is 12.5. The Labute approximate surface area is 169 Å². The molecule has 6 nitrogen and oxygen atoms in total. The van der Waals surface area contributed by atoms with Crippen molar-refractivity contribution in [3.63, 3.8) is 0 Å². The highest BCUT2D eigenvalue weighted by Crippen LogP contribution is 2.06. The van der Waals surface area contributed by atoms with Crippen LogP contribution in [0, 0.1) is 0 Å². The number of morpholine rings is 1. The SMILES string of the molecule is C[C@@H](CCN1CCOCC1)NC(=O)N1CCN(C/C=C/c2ccccc2)CC1. The first-order valence-electron chi connectivity index (χ1n) is 10.5. The number of benzene rings is 1. The van der Waals surface area contributed by atoms with Crippen LogP contribution >= 0.6 is 0 Å². The van der Waals surface area contributed by atoms with E-state index in [0.29, 0.717) is 0 Å². The third-order valence-corrected chi connectivity index (χ3v) is 5.48. The monoisotopic (exact) mass is 386 g/mol. The van der Waals surface area contributed by atoms with Crippen LogP contribution in [0.5, 0.6) is 0 Å². The molecule has 2 heterocycles. The second kappa shape index (κ2) is 11.2. The number of carbonyl (C=O) groups excluding carboxylic acids is 1. The zero-order chi connectivity index (χ0) is 19.6. The first-order valence-corrected chi connectivity index (χ1v) is 10.5. The van der Waals surface area contributed by atoms with Gasteiger partial charge in [0.25, 0.3) is 0 Å². The largest absolute Gasteiger partial charge is 0.379 e. The molecule has 2 saturated heterocycles. The first-order chi connectivity index (χ1) is 13.7. The summed E-state index contributed by atoms with van der Waals surface area (Å²) in [6, 6.07) is 10.6. The normalized spacial score (nSPS) is 20.4. The van der Waals surface area contributed by atoms with Crippen molar-refractivity contribution in [3.05, 3.63) is 42.0 Å². The third-order valence-electron chi connectivity index (χ3n) is 5.48. The van der Waals surface area contributed by atoms with Gasteiger partial charge in [0, 0.05) is 58.4 Å². The van der Waals surface area contributed by atoms with E-state index in [2.05, 4.69) is 58.5 Å². The van der Waals surface area contributed by atoms with E-state index in [0.717, 1.165) is 72.0 Å². The Kier molecular flexibility index (Phi) is 8.33. The van der Waals surface area contributed by atoms with E-state index in [4.69, 9.17) is 4.74 Å². The van der Waals surface area contributed by atoms with Crippen LogP contribution in [0.4, 0.5) is 4.79 Å². The molecule has 0 saturated carbocycles. The average Bonchev–Trinajstić information content (AvgIpc) is 2.74. The van der Waals surface area contributed by atoms with Gasteiger partial charge in [-0.15, -0.1) is 0 Å². The number of ether oxygens (including phenoxy) is 1. The van der Waals surface area contributed by atoms with Crippen molar-refractivity contribution in [2.24, 2.45) is 0 Å². The zero-order valence-electron chi connectivity index (χ0n) is 17.1. The molecule has 1 aromatic rings. The highest BCUT2D eigenvalue weighted by atomic mass is 16.5. The molecule has 1 aromatic carbocycles.